The summed E-state index contributed by atoms with van der Waals surface area (Å²) in [6.07, 6.45) is 0.873. The summed E-state index contributed by atoms with van der Waals surface area (Å²) in [5, 5.41) is 11.3. The molecule has 0 aliphatic carbocycles. The lowest BCUT2D eigenvalue weighted by Gasteiger charge is -2.32. The molecule has 1 N–H and O–H groups in total. The van der Waals surface area contributed by atoms with Crippen molar-refractivity contribution < 1.29 is 14.3 Å². The topological polar surface area (TPSA) is 89.4 Å². The number of carbonyl (C=O) groups is 2. The molecule has 4 rings (SSSR count). The summed E-state index contributed by atoms with van der Waals surface area (Å²) in [5.74, 6) is -0.553. The minimum Gasteiger partial charge on any atom is -0.383 e. The average molecular weight is 486 g/mol. The summed E-state index contributed by atoms with van der Waals surface area (Å²) in [4.78, 5) is 29.2. The standard InChI is InChI=1S/C28H31N5O3/c1-4-21-13-15-22(16-14-21)33(26(34)19-32-25-12-8-7-11-24(25)30-31-32)27(28(35)29-17-18-36-3)23-10-6-5-9-20(23)2/h5-16,27H,4,17-19H2,1-3H3,(H,29,35)/t27-/m1/s1. The Bertz CT molecular complexity index is 1330. The van der Waals surface area contributed by atoms with Crippen LogP contribution in [-0.2, 0) is 27.3 Å². The van der Waals surface area contributed by atoms with E-state index in [0.717, 1.165) is 28.6 Å². The SMILES string of the molecule is CCc1ccc(N(C(=O)Cn2nnc3ccccc32)[C@@H](C(=O)NCCOC)c2ccccc2C)cc1. The van der Waals surface area contributed by atoms with Gasteiger partial charge in [0.15, 0.2) is 0 Å². The second-order valence-corrected chi connectivity index (χ2v) is 8.56. The van der Waals surface area contributed by atoms with E-state index in [1.54, 1.807) is 16.7 Å². The van der Waals surface area contributed by atoms with Crippen molar-refractivity contribution in [1.29, 1.82) is 0 Å². The van der Waals surface area contributed by atoms with Crippen LogP contribution >= 0.6 is 0 Å². The van der Waals surface area contributed by atoms with Gasteiger partial charge in [-0.3, -0.25) is 14.5 Å². The molecule has 0 radical (unpaired) electrons. The Hall–Kier alpha value is -4.04. The van der Waals surface area contributed by atoms with Gasteiger partial charge in [0.05, 0.1) is 12.1 Å². The Kier molecular flexibility index (Phi) is 8.07. The molecule has 0 fully saturated rings. The first kappa shape index (κ1) is 25.1. The van der Waals surface area contributed by atoms with E-state index < -0.39 is 6.04 Å². The van der Waals surface area contributed by atoms with Crippen molar-refractivity contribution in [2.24, 2.45) is 0 Å². The lowest BCUT2D eigenvalue weighted by molar-refractivity contribution is -0.127. The number of methoxy groups -OCH3 is 1. The maximum Gasteiger partial charge on any atom is 0.249 e. The number of carbonyl (C=O) groups excluding carboxylic acids is 2. The van der Waals surface area contributed by atoms with Gasteiger partial charge in [0, 0.05) is 19.3 Å². The van der Waals surface area contributed by atoms with Crippen LogP contribution in [-0.4, -0.2) is 47.1 Å². The molecule has 186 valence electrons. The number of fused-ring (bicyclic) bond motifs is 1. The molecule has 8 nitrogen and oxygen atoms in total. The summed E-state index contributed by atoms with van der Waals surface area (Å²) in [6, 6.07) is 22.0. The third-order valence-electron chi connectivity index (χ3n) is 6.19. The Morgan fingerprint density at radius 3 is 2.47 bits per heavy atom. The normalized spacial score (nSPS) is 11.9. The van der Waals surface area contributed by atoms with E-state index in [4.69, 9.17) is 4.74 Å². The summed E-state index contributed by atoms with van der Waals surface area (Å²) in [5.41, 5.74) is 4.91. The fraction of sp³-hybridized carbons (Fsp3) is 0.286. The maximum atomic E-state index is 14.0. The molecule has 1 aromatic heterocycles. The molecule has 0 spiro atoms. The van der Waals surface area contributed by atoms with E-state index in [1.807, 2.05) is 79.7 Å². The van der Waals surface area contributed by atoms with Crippen molar-refractivity contribution in [3.63, 3.8) is 0 Å². The number of amides is 2. The molecule has 0 bridgehead atoms. The highest BCUT2D eigenvalue weighted by Crippen LogP contribution is 2.31. The second kappa shape index (κ2) is 11.6. The van der Waals surface area contributed by atoms with E-state index in [1.165, 1.54) is 0 Å². The first-order valence-electron chi connectivity index (χ1n) is 12.0. The zero-order valence-corrected chi connectivity index (χ0v) is 20.8. The number of hydrogen-bond donors (Lipinski definition) is 1. The minimum atomic E-state index is -0.877. The third kappa shape index (κ3) is 5.44. The van der Waals surface area contributed by atoms with Gasteiger partial charge in [-0.15, -0.1) is 5.10 Å². The number of rotatable bonds is 10. The number of aromatic nitrogens is 3. The molecule has 8 heteroatoms. The van der Waals surface area contributed by atoms with E-state index in [2.05, 4.69) is 22.6 Å². The predicted molar refractivity (Wildman–Crippen MR) is 140 cm³/mol. The fourth-order valence-electron chi connectivity index (χ4n) is 4.23. The number of ether oxygens (including phenoxy) is 1. The lowest BCUT2D eigenvalue weighted by atomic mass is 9.98. The molecule has 1 atom stereocenters. The summed E-state index contributed by atoms with van der Waals surface area (Å²) < 4.78 is 6.69. The highest BCUT2D eigenvalue weighted by atomic mass is 16.5. The second-order valence-electron chi connectivity index (χ2n) is 8.56. The fourth-order valence-corrected chi connectivity index (χ4v) is 4.23. The Balaban J connectivity index is 1.79. The zero-order chi connectivity index (χ0) is 25.5. The molecule has 3 aromatic carbocycles. The van der Waals surface area contributed by atoms with Crippen molar-refractivity contribution in [2.75, 3.05) is 25.2 Å². The van der Waals surface area contributed by atoms with Crippen LogP contribution in [0.25, 0.3) is 11.0 Å². The van der Waals surface area contributed by atoms with Gasteiger partial charge in [-0.2, -0.15) is 0 Å². The highest BCUT2D eigenvalue weighted by Gasteiger charge is 2.34. The molecule has 4 aromatic rings. The summed E-state index contributed by atoms with van der Waals surface area (Å²) in [7, 11) is 1.58. The zero-order valence-electron chi connectivity index (χ0n) is 20.8. The number of para-hydroxylation sites is 1. The van der Waals surface area contributed by atoms with Gasteiger partial charge in [-0.1, -0.05) is 60.7 Å². The van der Waals surface area contributed by atoms with Crippen LogP contribution in [0.15, 0.2) is 72.8 Å². The first-order valence-corrected chi connectivity index (χ1v) is 12.0. The van der Waals surface area contributed by atoms with Crippen molar-refractivity contribution in [1.82, 2.24) is 20.3 Å². The van der Waals surface area contributed by atoms with Crippen molar-refractivity contribution in [3.05, 3.63) is 89.5 Å². The Morgan fingerprint density at radius 1 is 1.03 bits per heavy atom. The Morgan fingerprint density at radius 2 is 1.75 bits per heavy atom. The van der Waals surface area contributed by atoms with Crippen LogP contribution in [0, 0.1) is 6.92 Å². The van der Waals surface area contributed by atoms with Crippen molar-refractivity contribution in [2.45, 2.75) is 32.9 Å². The molecule has 36 heavy (non-hydrogen) atoms. The average Bonchev–Trinajstić information content (AvgIpc) is 3.30. The molecule has 0 unspecified atom stereocenters. The smallest absolute Gasteiger partial charge is 0.249 e. The van der Waals surface area contributed by atoms with E-state index in [-0.39, 0.29) is 18.4 Å². The molecule has 0 saturated heterocycles. The quantitative estimate of drug-likeness (QED) is 0.345. The van der Waals surface area contributed by atoms with E-state index in [9.17, 15) is 9.59 Å². The van der Waals surface area contributed by atoms with Crippen molar-refractivity contribution in [3.8, 4) is 0 Å². The van der Waals surface area contributed by atoms with Crippen LogP contribution in [0.3, 0.4) is 0 Å². The van der Waals surface area contributed by atoms with Crippen LogP contribution in [0.4, 0.5) is 5.69 Å². The van der Waals surface area contributed by atoms with Gasteiger partial charge < -0.3 is 10.1 Å². The van der Waals surface area contributed by atoms with Crippen LogP contribution in [0.5, 0.6) is 0 Å². The molecule has 1 heterocycles. The minimum absolute atomic E-state index is 0.0657. The number of anilines is 1. The van der Waals surface area contributed by atoms with Gasteiger partial charge in [0.25, 0.3) is 0 Å². The number of nitrogens with one attached hydrogen (secondary N) is 1. The summed E-state index contributed by atoms with van der Waals surface area (Å²) in [6.45, 7) is 4.66. The van der Waals surface area contributed by atoms with Crippen LogP contribution in [0.2, 0.25) is 0 Å². The lowest BCUT2D eigenvalue weighted by Crippen LogP contribution is -2.46. The number of hydrogen-bond acceptors (Lipinski definition) is 5. The summed E-state index contributed by atoms with van der Waals surface area (Å²) >= 11 is 0. The molecular formula is C28H31N5O3. The van der Waals surface area contributed by atoms with Crippen molar-refractivity contribution >= 4 is 28.5 Å². The third-order valence-corrected chi connectivity index (χ3v) is 6.19. The van der Waals surface area contributed by atoms with Gasteiger partial charge in [-0.25, -0.2) is 4.68 Å². The van der Waals surface area contributed by atoms with Crippen LogP contribution < -0.4 is 10.2 Å². The Labute approximate surface area is 210 Å². The maximum absolute atomic E-state index is 14.0. The highest BCUT2D eigenvalue weighted by molar-refractivity contribution is 6.01. The van der Waals surface area contributed by atoms with Crippen LogP contribution in [0.1, 0.15) is 29.7 Å². The van der Waals surface area contributed by atoms with E-state index in [0.29, 0.717) is 24.4 Å². The molecule has 0 aliphatic heterocycles. The first-order chi connectivity index (χ1) is 17.5. The molecule has 0 aliphatic rings. The number of benzene rings is 3. The molecule has 0 saturated carbocycles. The number of aryl methyl sites for hydroxylation is 2. The van der Waals surface area contributed by atoms with E-state index >= 15 is 0 Å². The van der Waals surface area contributed by atoms with Gasteiger partial charge >= 0.3 is 0 Å². The predicted octanol–water partition coefficient (Wildman–Crippen LogP) is 3.84. The number of nitrogens with zero attached hydrogens (tertiary/aromatic N) is 4. The van der Waals surface area contributed by atoms with Gasteiger partial charge in [0.2, 0.25) is 11.8 Å². The van der Waals surface area contributed by atoms with Gasteiger partial charge in [0.1, 0.15) is 18.1 Å². The largest absolute Gasteiger partial charge is 0.383 e. The van der Waals surface area contributed by atoms with Gasteiger partial charge in [-0.05, 0) is 54.3 Å². The molecular weight excluding hydrogens is 454 g/mol. The molecule has 2 amide bonds. The monoisotopic (exact) mass is 485 g/mol.